The van der Waals surface area contributed by atoms with Gasteiger partial charge in [-0.05, 0) is 31.1 Å². The fourth-order valence-electron chi connectivity index (χ4n) is 1.40. The van der Waals surface area contributed by atoms with E-state index in [4.69, 9.17) is 6.52 Å². The predicted octanol–water partition coefficient (Wildman–Crippen LogP) is 1.51. The number of aliphatic carboxylic acids is 1. The SMILES string of the molecule is [2H]NC(CCCCNC(=O)CCC(C)(C)C)C(=O)O. The lowest BCUT2D eigenvalue weighted by Crippen LogP contribution is -2.30. The van der Waals surface area contributed by atoms with Crippen LogP contribution in [-0.4, -0.2) is 29.6 Å². The summed E-state index contributed by atoms with van der Waals surface area (Å²) in [6, 6.07) is -0.823. The van der Waals surface area contributed by atoms with E-state index < -0.39 is 12.0 Å². The van der Waals surface area contributed by atoms with Crippen molar-refractivity contribution in [3.8, 4) is 0 Å². The van der Waals surface area contributed by atoms with Gasteiger partial charge in [-0.15, -0.1) is 0 Å². The molecule has 0 aliphatic heterocycles. The first-order chi connectivity index (χ1) is 8.76. The number of hydrogen-bond donors (Lipinski definition) is 3. The van der Waals surface area contributed by atoms with Crippen molar-refractivity contribution in [3.63, 3.8) is 0 Å². The van der Waals surface area contributed by atoms with E-state index in [1.54, 1.807) is 0 Å². The highest BCUT2D eigenvalue weighted by Crippen LogP contribution is 2.20. The number of carboxylic acids is 1. The molecule has 5 heteroatoms. The fourth-order valence-corrected chi connectivity index (χ4v) is 1.40. The van der Waals surface area contributed by atoms with E-state index in [9.17, 15) is 9.59 Å². The molecule has 4 N–H and O–H groups in total. The van der Waals surface area contributed by atoms with Crippen LogP contribution in [0, 0.1) is 5.41 Å². The molecule has 5 nitrogen and oxygen atoms in total. The molecule has 0 aromatic carbocycles. The van der Waals surface area contributed by atoms with Gasteiger partial charge in [-0.25, -0.2) is 0 Å². The van der Waals surface area contributed by atoms with Crippen LogP contribution >= 0.6 is 0 Å². The first kappa shape index (κ1) is 15.0. The predicted molar refractivity (Wildman–Crippen MR) is 71.2 cm³/mol. The number of hydrogen-bond acceptors (Lipinski definition) is 3. The number of rotatable bonds is 9. The van der Waals surface area contributed by atoms with Gasteiger partial charge in [0.05, 0.1) is 0 Å². The summed E-state index contributed by atoms with van der Waals surface area (Å²) in [5.41, 5.74) is 2.16. The van der Waals surface area contributed by atoms with Gasteiger partial charge in [0.1, 0.15) is 7.45 Å². The summed E-state index contributed by atoms with van der Waals surface area (Å²) >= 11 is 0. The lowest BCUT2D eigenvalue weighted by atomic mass is 9.90. The number of carbonyl (C=O) groups is 2. The minimum absolute atomic E-state index is 0.0447. The minimum atomic E-state index is -1.01. The Morgan fingerprint density at radius 1 is 1.39 bits per heavy atom. The Balaban J connectivity index is 3.59. The molecular formula is C13H26N2O3. The maximum atomic E-state index is 11.5. The van der Waals surface area contributed by atoms with Crippen molar-refractivity contribution < 1.29 is 16.1 Å². The van der Waals surface area contributed by atoms with E-state index in [1.807, 2.05) is 5.73 Å². The highest BCUT2D eigenvalue weighted by molar-refractivity contribution is 5.75. The third-order valence-corrected chi connectivity index (χ3v) is 2.64. The lowest BCUT2D eigenvalue weighted by Gasteiger charge is -2.17. The van der Waals surface area contributed by atoms with Crippen molar-refractivity contribution in [2.45, 2.75) is 58.9 Å². The summed E-state index contributed by atoms with van der Waals surface area (Å²) in [7, 11) is 0. The zero-order valence-electron chi connectivity index (χ0n) is 12.6. The van der Waals surface area contributed by atoms with Crippen LogP contribution in [0.2, 0.25) is 1.41 Å². The number of nitrogens with one attached hydrogen (secondary N) is 1. The number of unbranched alkanes of at least 4 members (excludes halogenated alkanes) is 1. The van der Waals surface area contributed by atoms with Gasteiger partial charge in [0, 0.05) is 13.0 Å². The summed E-state index contributed by atoms with van der Waals surface area (Å²) < 4.78 is 6.85. The smallest absolute Gasteiger partial charge is 0.320 e. The normalized spacial score (nSPS) is 13.8. The van der Waals surface area contributed by atoms with Gasteiger partial charge in [-0.3, -0.25) is 9.59 Å². The molecule has 0 saturated carbocycles. The molecule has 1 atom stereocenters. The molecule has 0 aromatic heterocycles. The Hall–Kier alpha value is -1.10. The van der Waals surface area contributed by atoms with Gasteiger partial charge in [0.25, 0.3) is 0 Å². The Labute approximate surface area is 111 Å². The van der Waals surface area contributed by atoms with E-state index in [-0.39, 0.29) is 11.3 Å². The lowest BCUT2D eigenvalue weighted by molar-refractivity contribution is -0.138. The van der Waals surface area contributed by atoms with Crippen LogP contribution in [0.3, 0.4) is 0 Å². The van der Waals surface area contributed by atoms with Crippen molar-refractivity contribution in [1.29, 1.82) is 0 Å². The maximum Gasteiger partial charge on any atom is 0.320 e. The van der Waals surface area contributed by atoms with Crippen molar-refractivity contribution >= 4 is 11.9 Å². The summed E-state index contributed by atoms with van der Waals surface area (Å²) in [6.07, 6.45) is 3.17. The summed E-state index contributed by atoms with van der Waals surface area (Å²) in [5.74, 6) is -0.965. The van der Waals surface area contributed by atoms with E-state index in [2.05, 4.69) is 26.1 Å². The Bertz CT molecular complexity index is 290. The van der Waals surface area contributed by atoms with Gasteiger partial charge in [0.2, 0.25) is 5.91 Å². The quantitative estimate of drug-likeness (QED) is 0.547. The third kappa shape index (κ3) is 10.1. The molecule has 0 radical (unpaired) electrons. The summed E-state index contributed by atoms with van der Waals surface area (Å²) in [4.78, 5) is 22.1. The third-order valence-electron chi connectivity index (χ3n) is 2.64. The molecule has 0 saturated heterocycles. The van der Waals surface area contributed by atoms with E-state index >= 15 is 0 Å². The largest absolute Gasteiger partial charge is 0.480 e. The fraction of sp³-hybridized carbons (Fsp3) is 0.846. The van der Waals surface area contributed by atoms with Crippen molar-refractivity contribution in [2.75, 3.05) is 6.54 Å². The Morgan fingerprint density at radius 2 is 2.06 bits per heavy atom. The van der Waals surface area contributed by atoms with Crippen molar-refractivity contribution in [1.82, 2.24) is 5.32 Å². The molecule has 0 spiro atoms. The molecule has 0 aliphatic rings. The van der Waals surface area contributed by atoms with Crippen molar-refractivity contribution in [3.05, 3.63) is 0 Å². The molecule has 0 aromatic rings. The highest BCUT2D eigenvalue weighted by Gasteiger charge is 2.13. The zero-order chi connectivity index (χ0) is 14.9. The molecule has 106 valence electrons. The second-order valence-corrected chi connectivity index (χ2v) is 5.80. The average molecular weight is 259 g/mol. The van der Waals surface area contributed by atoms with Crippen LogP contribution < -0.4 is 11.0 Å². The molecular weight excluding hydrogens is 232 g/mol. The topological polar surface area (TPSA) is 92.4 Å². The van der Waals surface area contributed by atoms with E-state index in [0.717, 1.165) is 12.8 Å². The van der Waals surface area contributed by atoms with E-state index in [1.165, 1.54) is 0 Å². The average Bonchev–Trinajstić information content (AvgIpc) is 2.29. The van der Waals surface area contributed by atoms with Crippen molar-refractivity contribution in [2.24, 2.45) is 11.1 Å². The second-order valence-electron chi connectivity index (χ2n) is 5.80. The molecule has 0 aliphatic carbocycles. The Kier molecular flexibility index (Phi) is 6.72. The van der Waals surface area contributed by atoms with Crippen LogP contribution in [-0.2, 0) is 9.59 Å². The van der Waals surface area contributed by atoms with Gasteiger partial charge in [0.15, 0.2) is 0 Å². The van der Waals surface area contributed by atoms with Crippen LogP contribution in [0.1, 0.15) is 52.9 Å². The number of amides is 1. The minimum Gasteiger partial charge on any atom is -0.480 e. The molecule has 0 heterocycles. The van der Waals surface area contributed by atoms with Gasteiger partial charge in [-0.1, -0.05) is 20.8 Å². The summed E-state index contributed by atoms with van der Waals surface area (Å²) in [5, 5.41) is 11.5. The molecule has 0 rings (SSSR count). The van der Waals surface area contributed by atoms with E-state index in [0.29, 0.717) is 25.8 Å². The molecule has 0 bridgehead atoms. The van der Waals surface area contributed by atoms with Gasteiger partial charge >= 0.3 is 5.97 Å². The molecule has 0 fully saturated rings. The maximum absolute atomic E-state index is 11.5. The molecule has 1 unspecified atom stereocenters. The van der Waals surface area contributed by atoms with Gasteiger partial charge < -0.3 is 16.2 Å². The standard InChI is InChI=1S/C13H26N2O3/c1-13(2,3)8-7-11(16)15-9-5-4-6-10(14)12(17)18/h10H,4-9,14H2,1-3H3,(H,15,16)(H,17,18)/i/hD. The zero-order valence-corrected chi connectivity index (χ0v) is 11.6. The van der Waals surface area contributed by atoms with Crippen LogP contribution in [0.5, 0.6) is 0 Å². The molecule has 18 heavy (non-hydrogen) atoms. The van der Waals surface area contributed by atoms with Crippen LogP contribution in [0.15, 0.2) is 0 Å². The first-order valence-corrected chi connectivity index (χ1v) is 6.43. The van der Waals surface area contributed by atoms with Crippen LogP contribution in [0.25, 0.3) is 0 Å². The second kappa shape index (κ2) is 8.08. The monoisotopic (exact) mass is 259 g/mol. The van der Waals surface area contributed by atoms with Crippen LogP contribution in [0.4, 0.5) is 0 Å². The highest BCUT2D eigenvalue weighted by atomic mass is 16.4. The number of nitrogens with two attached hydrogens (primary N) is 1. The van der Waals surface area contributed by atoms with Gasteiger partial charge in [-0.2, -0.15) is 0 Å². The number of carbonyl (C=O) groups excluding carboxylic acids is 1. The Morgan fingerprint density at radius 3 is 2.56 bits per heavy atom. The molecule has 1 amide bonds. The first-order valence-electron chi connectivity index (χ1n) is 6.93. The number of carboxylic acid groups (broad SMARTS) is 1. The summed E-state index contributed by atoms with van der Waals surface area (Å²) in [6.45, 7) is 6.86.